The van der Waals surface area contributed by atoms with E-state index in [2.05, 4.69) is 31.2 Å². The minimum Gasteiger partial charge on any atom is -0.471 e. The van der Waals surface area contributed by atoms with Crippen LogP contribution in [0.25, 0.3) is 0 Å². The van der Waals surface area contributed by atoms with Crippen LogP contribution in [0.3, 0.4) is 0 Å². The molecule has 0 saturated carbocycles. The quantitative estimate of drug-likeness (QED) is 0.887. The maximum atomic E-state index is 5.64. The smallest absolute Gasteiger partial charge is 0.233 e. The second-order valence-electron chi connectivity index (χ2n) is 3.81. The Labute approximate surface area is 92.2 Å². The summed E-state index contributed by atoms with van der Waals surface area (Å²) in [5.74, 6) is 1.10. The fourth-order valence-electron chi connectivity index (χ4n) is 0.834. The lowest BCUT2D eigenvalue weighted by atomic mass is 10.2. The number of halogens is 1. The molecule has 1 aromatic rings. The molecule has 0 radical (unpaired) electrons. The average molecular weight is 260 g/mol. The fourth-order valence-corrected chi connectivity index (χ4v) is 1.11. The Balaban J connectivity index is 2.95. The van der Waals surface area contributed by atoms with Crippen molar-refractivity contribution < 1.29 is 4.74 Å². The summed E-state index contributed by atoms with van der Waals surface area (Å²) in [6, 6.07) is 0. The Morgan fingerprint density at radius 3 is 2.57 bits per heavy atom. The molecular weight excluding hydrogens is 246 g/mol. The molecule has 78 valence electrons. The van der Waals surface area contributed by atoms with Crippen LogP contribution in [0.5, 0.6) is 5.88 Å². The predicted octanol–water partition coefficient (Wildman–Crippen LogP) is 2.46. The standard InChI is InChI=1S/C9H14BrN3O/c1-9(2,3)14-7-6(10)5-12-8(11-4)13-7/h5H,1-4H3,(H,11,12,13). The number of nitrogens with zero attached hydrogens (tertiary/aromatic N) is 2. The highest BCUT2D eigenvalue weighted by Crippen LogP contribution is 2.25. The monoisotopic (exact) mass is 259 g/mol. The van der Waals surface area contributed by atoms with Gasteiger partial charge in [0.15, 0.2) is 0 Å². The fraction of sp³-hybridized carbons (Fsp3) is 0.556. The van der Waals surface area contributed by atoms with Crippen LogP contribution in [0, 0.1) is 0 Å². The van der Waals surface area contributed by atoms with Crippen molar-refractivity contribution in [2.45, 2.75) is 26.4 Å². The summed E-state index contributed by atoms with van der Waals surface area (Å²) in [6.07, 6.45) is 1.67. The van der Waals surface area contributed by atoms with E-state index in [0.717, 1.165) is 4.47 Å². The summed E-state index contributed by atoms with van der Waals surface area (Å²) >= 11 is 3.33. The van der Waals surface area contributed by atoms with Crippen molar-refractivity contribution in [1.82, 2.24) is 9.97 Å². The van der Waals surface area contributed by atoms with Crippen molar-refractivity contribution >= 4 is 21.9 Å². The first-order valence-corrected chi connectivity index (χ1v) is 5.11. The predicted molar refractivity (Wildman–Crippen MR) is 59.7 cm³/mol. The third kappa shape index (κ3) is 3.14. The molecular formula is C9H14BrN3O. The van der Waals surface area contributed by atoms with Gasteiger partial charge in [-0.1, -0.05) is 0 Å². The minimum atomic E-state index is -0.262. The summed E-state index contributed by atoms with van der Waals surface area (Å²) in [7, 11) is 1.77. The molecule has 5 heteroatoms. The molecule has 1 N–H and O–H groups in total. The molecule has 0 unspecified atom stereocenters. The molecule has 0 atom stereocenters. The lowest BCUT2D eigenvalue weighted by Gasteiger charge is -2.21. The van der Waals surface area contributed by atoms with E-state index in [1.54, 1.807) is 13.2 Å². The van der Waals surface area contributed by atoms with Crippen molar-refractivity contribution in [3.8, 4) is 5.88 Å². The second-order valence-corrected chi connectivity index (χ2v) is 4.67. The van der Waals surface area contributed by atoms with Crippen LogP contribution in [-0.2, 0) is 0 Å². The summed E-state index contributed by atoms with van der Waals surface area (Å²) in [4.78, 5) is 8.22. The first-order valence-electron chi connectivity index (χ1n) is 4.31. The Kier molecular flexibility index (Phi) is 3.31. The highest BCUT2D eigenvalue weighted by molar-refractivity contribution is 9.10. The van der Waals surface area contributed by atoms with Gasteiger partial charge in [0.2, 0.25) is 11.8 Å². The summed E-state index contributed by atoms with van der Waals surface area (Å²) in [5, 5.41) is 2.86. The molecule has 0 aliphatic carbocycles. The van der Waals surface area contributed by atoms with Crippen molar-refractivity contribution in [2.24, 2.45) is 0 Å². The van der Waals surface area contributed by atoms with Gasteiger partial charge in [-0.3, -0.25) is 0 Å². The molecule has 0 bridgehead atoms. The van der Waals surface area contributed by atoms with Crippen LogP contribution in [0.4, 0.5) is 5.95 Å². The van der Waals surface area contributed by atoms with Crippen molar-refractivity contribution in [2.75, 3.05) is 12.4 Å². The van der Waals surface area contributed by atoms with E-state index in [9.17, 15) is 0 Å². The zero-order valence-electron chi connectivity index (χ0n) is 8.76. The van der Waals surface area contributed by atoms with Gasteiger partial charge in [-0.2, -0.15) is 4.98 Å². The van der Waals surface area contributed by atoms with Gasteiger partial charge in [-0.15, -0.1) is 0 Å². The maximum absolute atomic E-state index is 5.64. The van der Waals surface area contributed by atoms with Gasteiger partial charge >= 0.3 is 0 Å². The summed E-state index contributed by atoms with van der Waals surface area (Å²) in [6.45, 7) is 5.92. The highest BCUT2D eigenvalue weighted by Gasteiger charge is 2.15. The maximum Gasteiger partial charge on any atom is 0.233 e. The van der Waals surface area contributed by atoms with E-state index in [1.165, 1.54) is 0 Å². The molecule has 4 nitrogen and oxygen atoms in total. The summed E-state index contributed by atoms with van der Waals surface area (Å²) < 4.78 is 6.39. The number of hydrogen-bond acceptors (Lipinski definition) is 4. The number of ether oxygens (including phenoxy) is 1. The average Bonchev–Trinajstić information content (AvgIpc) is 2.06. The minimum absolute atomic E-state index is 0.262. The third-order valence-electron chi connectivity index (χ3n) is 1.34. The molecule has 0 fully saturated rings. The molecule has 14 heavy (non-hydrogen) atoms. The van der Waals surface area contributed by atoms with Gasteiger partial charge in [-0.25, -0.2) is 4.98 Å². The SMILES string of the molecule is CNc1ncc(Br)c(OC(C)(C)C)n1. The number of nitrogens with one attached hydrogen (secondary N) is 1. The highest BCUT2D eigenvalue weighted by atomic mass is 79.9. The third-order valence-corrected chi connectivity index (χ3v) is 1.88. The summed E-state index contributed by atoms with van der Waals surface area (Å²) in [5.41, 5.74) is -0.262. The van der Waals surface area contributed by atoms with Crippen LogP contribution in [0.1, 0.15) is 20.8 Å². The van der Waals surface area contributed by atoms with E-state index in [0.29, 0.717) is 11.8 Å². The van der Waals surface area contributed by atoms with E-state index < -0.39 is 0 Å². The van der Waals surface area contributed by atoms with Gasteiger partial charge in [0.05, 0.1) is 10.7 Å². The van der Waals surface area contributed by atoms with Crippen LogP contribution < -0.4 is 10.1 Å². The Bertz CT molecular complexity index is 322. The molecule has 1 rings (SSSR count). The molecule has 1 heterocycles. The zero-order chi connectivity index (χ0) is 10.8. The van der Waals surface area contributed by atoms with Crippen LogP contribution >= 0.6 is 15.9 Å². The molecule has 0 aliphatic rings. The van der Waals surface area contributed by atoms with Crippen LogP contribution in [0.2, 0.25) is 0 Å². The topological polar surface area (TPSA) is 47.0 Å². The van der Waals surface area contributed by atoms with Crippen molar-refractivity contribution in [3.63, 3.8) is 0 Å². The van der Waals surface area contributed by atoms with E-state index >= 15 is 0 Å². The molecule has 0 spiro atoms. The molecule has 1 aromatic heterocycles. The Morgan fingerprint density at radius 1 is 1.43 bits per heavy atom. The number of hydrogen-bond donors (Lipinski definition) is 1. The lowest BCUT2D eigenvalue weighted by Crippen LogP contribution is -2.24. The number of rotatable bonds is 2. The molecule has 0 aliphatic heterocycles. The van der Waals surface area contributed by atoms with Crippen LogP contribution in [0.15, 0.2) is 10.7 Å². The van der Waals surface area contributed by atoms with Crippen molar-refractivity contribution in [1.29, 1.82) is 0 Å². The van der Waals surface area contributed by atoms with E-state index in [4.69, 9.17) is 4.74 Å². The van der Waals surface area contributed by atoms with Crippen LogP contribution in [-0.4, -0.2) is 22.6 Å². The van der Waals surface area contributed by atoms with Gasteiger partial charge in [0, 0.05) is 7.05 Å². The lowest BCUT2D eigenvalue weighted by molar-refractivity contribution is 0.123. The Morgan fingerprint density at radius 2 is 2.07 bits per heavy atom. The van der Waals surface area contributed by atoms with Crippen molar-refractivity contribution in [3.05, 3.63) is 10.7 Å². The van der Waals surface area contributed by atoms with Gasteiger partial charge in [-0.05, 0) is 36.7 Å². The van der Waals surface area contributed by atoms with Gasteiger partial charge < -0.3 is 10.1 Å². The molecule has 0 saturated heterocycles. The zero-order valence-corrected chi connectivity index (χ0v) is 10.3. The largest absolute Gasteiger partial charge is 0.471 e. The first kappa shape index (κ1) is 11.2. The number of anilines is 1. The molecule has 0 aromatic carbocycles. The second kappa shape index (κ2) is 4.13. The normalized spacial score (nSPS) is 11.2. The number of aromatic nitrogens is 2. The van der Waals surface area contributed by atoms with Gasteiger partial charge in [0.25, 0.3) is 0 Å². The molecule has 0 amide bonds. The van der Waals surface area contributed by atoms with E-state index in [-0.39, 0.29) is 5.60 Å². The van der Waals surface area contributed by atoms with Gasteiger partial charge in [0.1, 0.15) is 5.60 Å². The first-order chi connectivity index (χ1) is 6.42. The Hall–Kier alpha value is -0.840. The van der Waals surface area contributed by atoms with E-state index in [1.807, 2.05) is 20.8 Å².